The number of methoxy groups -OCH3 is 1. The number of piperazine rings is 1. The molecule has 1 amide bonds. The van der Waals surface area contributed by atoms with Gasteiger partial charge in [0.15, 0.2) is 5.16 Å². The van der Waals surface area contributed by atoms with Crippen LogP contribution in [0.5, 0.6) is 5.88 Å². The fraction of sp³-hybridized carbons (Fsp3) is 0.385. The van der Waals surface area contributed by atoms with Crippen molar-refractivity contribution in [3.05, 3.63) is 54.2 Å². The molecule has 5 rings (SSSR count). The highest BCUT2D eigenvalue weighted by molar-refractivity contribution is 7.98. The number of amides is 1. The summed E-state index contributed by atoms with van der Waals surface area (Å²) in [6, 6.07) is 13.9. The molecule has 0 aliphatic carbocycles. The monoisotopic (exact) mass is 521 g/mol. The van der Waals surface area contributed by atoms with E-state index in [2.05, 4.69) is 49.4 Å². The molecule has 37 heavy (non-hydrogen) atoms. The fourth-order valence-electron chi connectivity index (χ4n) is 4.48. The molecule has 2 aromatic heterocycles. The summed E-state index contributed by atoms with van der Waals surface area (Å²) in [4.78, 5) is 32.9. The number of benzene rings is 1. The molecule has 1 aromatic carbocycles. The van der Waals surface area contributed by atoms with Gasteiger partial charge in [-0.05, 0) is 42.7 Å². The van der Waals surface area contributed by atoms with E-state index < -0.39 is 0 Å². The van der Waals surface area contributed by atoms with Crippen molar-refractivity contribution in [1.29, 1.82) is 0 Å². The normalized spacial score (nSPS) is 16.0. The number of aromatic nitrogens is 3. The Morgan fingerprint density at radius 2 is 1.76 bits per heavy atom. The molecule has 3 aromatic rings. The highest BCUT2D eigenvalue weighted by Gasteiger charge is 2.26. The average Bonchev–Trinajstić information content (AvgIpc) is 2.97. The summed E-state index contributed by atoms with van der Waals surface area (Å²) in [6.45, 7) is 5.87. The van der Waals surface area contributed by atoms with E-state index in [1.165, 1.54) is 24.6 Å². The van der Waals surface area contributed by atoms with Crippen LogP contribution in [-0.4, -0.2) is 91.6 Å². The number of morpholine rings is 1. The summed E-state index contributed by atoms with van der Waals surface area (Å²) >= 11 is 1.51. The van der Waals surface area contributed by atoms with Gasteiger partial charge in [0, 0.05) is 62.9 Å². The number of thioether (sulfide) groups is 1. The molecular formula is C26H31N7O3S. The number of carbonyl (C=O) groups excluding carboxylic acids is 1. The maximum atomic E-state index is 13.0. The van der Waals surface area contributed by atoms with Gasteiger partial charge in [-0.2, -0.15) is 0 Å². The number of hydrogen-bond donors (Lipinski definition) is 1. The molecule has 0 bridgehead atoms. The summed E-state index contributed by atoms with van der Waals surface area (Å²) in [5.41, 5.74) is 2.64. The average molecular weight is 522 g/mol. The molecule has 2 fully saturated rings. The molecule has 11 heteroatoms. The first-order valence-electron chi connectivity index (χ1n) is 12.3. The molecule has 0 atom stereocenters. The number of carbonyl (C=O) groups is 1. The second-order valence-electron chi connectivity index (χ2n) is 8.71. The summed E-state index contributed by atoms with van der Waals surface area (Å²) in [6.07, 6.45) is 3.59. The van der Waals surface area contributed by atoms with Gasteiger partial charge in [-0.1, -0.05) is 11.8 Å². The Bertz CT molecular complexity index is 1210. The Labute approximate surface area is 221 Å². The molecule has 1 N–H and O–H groups in total. The van der Waals surface area contributed by atoms with E-state index >= 15 is 0 Å². The van der Waals surface area contributed by atoms with Crippen LogP contribution in [0, 0.1) is 0 Å². The van der Waals surface area contributed by atoms with Crippen LogP contribution in [0.2, 0.25) is 0 Å². The van der Waals surface area contributed by atoms with Crippen LogP contribution >= 0.6 is 11.8 Å². The van der Waals surface area contributed by atoms with Gasteiger partial charge in [0.1, 0.15) is 17.2 Å². The number of pyridine rings is 1. The van der Waals surface area contributed by atoms with Crippen molar-refractivity contribution in [1.82, 2.24) is 19.9 Å². The third kappa shape index (κ3) is 5.89. The van der Waals surface area contributed by atoms with E-state index in [4.69, 9.17) is 14.5 Å². The molecule has 2 saturated heterocycles. The number of anilines is 4. The van der Waals surface area contributed by atoms with Gasteiger partial charge >= 0.3 is 0 Å². The highest BCUT2D eigenvalue weighted by atomic mass is 32.2. The van der Waals surface area contributed by atoms with E-state index in [1.807, 2.05) is 17.2 Å². The zero-order chi connectivity index (χ0) is 25.6. The molecule has 0 unspecified atom stereocenters. The lowest BCUT2D eigenvalue weighted by atomic mass is 10.2. The van der Waals surface area contributed by atoms with E-state index in [-0.39, 0.29) is 5.91 Å². The summed E-state index contributed by atoms with van der Waals surface area (Å²) in [7, 11) is 1.53. The summed E-state index contributed by atoms with van der Waals surface area (Å²) in [5.74, 6) is 1.87. The number of hydrogen-bond acceptors (Lipinski definition) is 10. The number of nitrogens with zero attached hydrogens (tertiary/aromatic N) is 6. The van der Waals surface area contributed by atoms with E-state index in [0.29, 0.717) is 42.8 Å². The second-order valence-corrected chi connectivity index (χ2v) is 9.48. The largest absolute Gasteiger partial charge is 0.480 e. The van der Waals surface area contributed by atoms with E-state index in [0.717, 1.165) is 43.6 Å². The first-order chi connectivity index (χ1) is 18.1. The van der Waals surface area contributed by atoms with Crippen molar-refractivity contribution < 1.29 is 14.3 Å². The lowest BCUT2D eigenvalue weighted by Crippen LogP contribution is -2.49. The topological polar surface area (TPSA) is 96.0 Å². The number of nitrogens with one attached hydrogen (secondary N) is 1. The Kier molecular flexibility index (Phi) is 7.90. The third-order valence-corrected chi connectivity index (χ3v) is 7.02. The van der Waals surface area contributed by atoms with Gasteiger partial charge < -0.3 is 29.5 Å². The standard InChI is InChI=1S/C26H31N7O3S/c1-35-24-21(4-3-9-27-24)25(34)33-12-10-32(11-13-33)23-18-22(29-26(30-23)37-2)28-19-5-7-20(8-6-19)31-14-16-36-17-15-31/h3-9,18H,10-17H2,1-2H3,(H,28,29,30). The van der Waals surface area contributed by atoms with Crippen molar-refractivity contribution >= 4 is 40.7 Å². The number of ether oxygens (including phenoxy) is 2. The SMILES string of the molecule is COc1ncccc1C(=O)N1CCN(c2cc(Nc3ccc(N4CCOCC4)cc3)nc(SC)n2)CC1. The zero-order valence-electron chi connectivity index (χ0n) is 21.1. The van der Waals surface area contributed by atoms with Crippen molar-refractivity contribution in [2.45, 2.75) is 5.16 Å². The molecule has 0 saturated carbocycles. The molecule has 194 valence electrons. The van der Waals surface area contributed by atoms with E-state index in [1.54, 1.807) is 18.3 Å². The van der Waals surface area contributed by atoms with Crippen molar-refractivity contribution in [3.8, 4) is 5.88 Å². The van der Waals surface area contributed by atoms with Gasteiger partial charge in [0.2, 0.25) is 5.88 Å². The first-order valence-corrected chi connectivity index (χ1v) is 13.5. The van der Waals surface area contributed by atoms with Gasteiger partial charge in [0.05, 0.1) is 20.3 Å². The lowest BCUT2D eigenvalue weighted by molar-refractivity contribution is 0.0742. The van der Waals surface area contributed by atoms with Crippen LogP contribution in [0.3, 0.4) is 0 Å². The van der Waals surface area contributed by atoms with Gasteiger partial charge in [-0.25, -0.2) is 15.0 Å². The maximum absolute atomic E-state index is 13.0. The van der Waals surface area contributed by atoms with Crippen LogP contribution in [0.25, 0.3) is 0 Å². The van der Waals surface area contributed by atoms with Crippen LogP contribution in [0.15, 0.2) is 53.8 Å². The number of rotatable bonds is 7. The third-order valence-electron chi connectivity index (χ3n) is 6.48. The van der Waals surface area contributed by atoms with Crippen molar-refractivity contribution in [3.63, 3.8) is 0 Å². The second kappa shape index (κ2) is 11.7. The zero-order valence-corrected chi connectivity index (χ0v) is 21.9. The summed E-state index contributed by atoms with van der Waals surface area (Å²) in [5, 5.41) is 4.13. The molecule has 2 aliphatic heterocycles. The Morgan fingerprint density at radius 1 is 1.00 bits per heavy atom. The lowest BCUT2D eigenvalue weighted by Gasteiger charge is -2.35. The van der Waals surface area contributed by atoms with Gasteiger partial charge in [-0.3, -0.25) is 4.79 Å². The van der Waals surface area contributed by atoms with Crippen molar-refractivity contribution in [2.75, 3.05) is 81.0 Å². The smallest absolute Gasteiger partial charge is 0.259 e. The minimum Gasteiger partial charge on any atom is -0.480 e. The van der Waals surface area contributed by atoms with Crippen molar-refractivity contribution in [2.24, 2.45) is 0 Å². The Balaban J connectivity index is 1.25. The molecule has 10 nitrogen and oxygen atoms in total. The predicted octanol–water partition coefficient (Wildman–Crippen LogP) is 3.14. The molecule has 0 radical (unpaired) electrons. The van der Waals surface area contributed by atoms with Crippen LogP contribution in [0.1, 0.15) is 10.4 Å². The molecule has 4 heterocycles. The maximum Gasteiger partial charge on any atom is 0.259 e. The van der Waals surface area contributed by atoms with Crippen LogP contribution < -0.4 is 19.9 Å². The van der Waals surface area contributed by atoms with Crippen LogP contribution in [0.4, 0.5) is 23.0 Å². The molecule has 0 spiro atoms. The Morgan fingerprint density at radius 3 is 2.46 bits per heavy atom. The Hall–Kier alpha value is -3.57. The molecular weight excluding hydrogens is 490 g/mol. The minimum absolute atomic E-state index is 0.0695. The minimum atomic E-state index is -0.0695. The van der Waals surface area contributed by atoms with Gasteiger partial charge in [0.25, 0.3) is 5.91 Å². The molecule has 2 aliphatic rings. The summed E-state index contributed by atoms with van der Waals surface area (Å²) < 4.78 is 10.7. The van der Waals surface area contributed by atoms with Crippen LogP contribution in [-0.2, 0) is 4.74 Å². The van der Waals surface area contributed by atoms with Gasteiger partial charge in [-0.15, -0.1) is 0 Å². The quantitative estimate of drug-likeness (QED) is 0.369. The first kappa shape index (κ1) is 25.1. The fourth-order valence-corrected chi connectivity index (χ4v) is 4.85. The van der Waals surface area contributed by atoms with E-state index in [9.17, 15) is 4.79 Å². The predicted molar refractivity (Wildman–Crippen MR) is 145 cm³/mol. The highest BCUT2D eigenvalue weighted by Crippen LogP contribution is 2.26.